The largest absolute Gasteiger partial charge is 0.508 e. The first-order valence-electron chi connectivity index (χ1n) is 25.9. The van der Waals surface area contributed by atoms with E-state index in [-0.39, 0.29) is 23.0 Å². The summed E-state index contributed by atoms with van der Waals surface area (Å²) in [6.07, 6.45) is 2.28. The second kappa shape index (κ2) is 28.3. The molecule has 0 amide bonds. The van der Waals surface area contributed by atoms with Crippen LogP contribution >= 0.6 is 22.7 Å². The van der Waals surface area contributed by atoms with Crippen molar-refractivity contribution in [3.8, 4) is 23.0 Å². The first-order chi connectivity index (χ1) is 36.8. The Bertz CT molecular complexity index is 2820. The molecule has 0 saturated carbocycles. The fourth-order valence-corrected chi connectivity index (χ4v) is 10.2. The summed E-state index contributed by atoms with van der Waals surface area (Å²) in [7, 11) is 4.37. The summed E-state index contributed by atoms with van der Waals surface area (Å²) in [6, 6.07) is 53.4. The Hall–Kier alpha value is -7.62. The lowest BCUT2D eigenvalue weighted by Crippen LogP contribution is -2.47. The molecule has 2 aromatic heterocycles. The molecule has 0 bridgehead atoms. The SMILES string of the molecule is CCc1ccccc1.CCc1ccccc1.Cc1cc2c(s1)Nc1ccccc1N=C2N1CCN(C)CC1.Cc1cc2c(s1)Nc1ccccc1N=C2N1CCN(C)CC1.Oc1ccc(O)cc1.Oc1ccc(O)cc1. The van der Waals surface area contributed by atoms with E-state index in [2.05, 4.69) is 181 Å². The minimum atomic E-state index is 0.169. The Morgan fingerprint density at radius 3 is 1.03 bits per heavy atom. The number of hydrogen-bond donors (Lipinski definition) is 6. The van der Waals surface area contributed by atoms with E-state index in [1.54, 1.807) is 22.7 Å². The van der Waals surface area contributed by atoms with Gasteiger partial charge in [-0.3, -0.25) is 0 Å². The van der Waals surface area contributed by atoms with E-state index >= 15 is 0 Å². The molecule has 12 rings (SSSR count). The number of likely N-dealkylation sites (N-methyl/N-ethyl adjacent to an activating group) is 2. The lowest BCUT2D eigenvalue weighted by Gasteiger charge is -2.34. The van der Waals surface area contributed by atoms with Crippen LogP contribution in [0, 0.1) is 13.8 Å². The van der Waals surface area contributed by atoms with E-state index in [0.29, 0.717) is 0 Å². The molecule has 396 valence electrons. The fraction of sp³-hybridized carbons (Fsp3) is 0.258. The predicted molar refractivity (Wildman–Crippen MR) is 319 cm³/mol. The number of rotatable bonds is 2. The van der Waals surface area contributed by atoms with E-state index in [0.717, 1.165) is 99.6 Å². The molecule has 76 heavy (non-hydrogen) atoms. The molecule has 12 nitrogen and oxygen atoms in total. The van der Waals surface area contributed by atoms with Gasteiger partial charge in [0.25, 0.3) is 0 Å². The zero-order chi connectivity index (χ0) is 53.8. The van der Waals surface area contributed by atoms with Crippen LogP contribution in [0.15, 0.2) is 180 Å². The van der Waals surface area contributed by atoms with Gasteiger partial charge < -0.3 is 50.7 Å². The van der Waals surface area contributed by atoms with Crippen molar-refractivity contribution >= 4 is 67.1 Å². The number of nitrogens with zero attached hydrogens (tertiary/aromatic N) is 6. The Labute approximate surface area is 457 Å². The van der Waals surface area contributed by atoms with E-state index in [9.17, 15) is 0 Å². The number of nitrogens with one attached hydrogen (secondary N) is 2. The highest BCUT2D eigenvalue weighted by atomic mass is 32.1. The maximum Gasteiger partial charge on any atom is 0.139 e. The van der Waals surface area contributed by atoms with E-state index in [1.165, 1.54) is 90.5 Å². The Morgan fingerprint density at radius 1 is 0.421 bits per heavy atom. The topological polar surface area (TPSA) is 143 Å². The van der Waals surface area contributed by atoms with Crippen molar-refractivity contribution < 1.29 is 20.4 Å². The second-order valence-corrected chi connectivity index (χ2v) is 21.2. The molecule has 14 heteroatoms. The fourth-order valence-electron chi connectivity index (χ4n) is 8.34. The van der Waals surface area contributed by atoms with Crippen molar-refractivity contribution in [1.29, 1.82) is 0 Å². The number of hydrogen-bond acceptors (Lipinski definition) is 14. The van der Waals surface area contributed by atoms with Crippen molar-refractivity contribution in [2.75, 3.05) is 77.1 Å². The number of piperazine rings is 2. The number of aliphatic imine (C=N–C) groups is 2. The van der Waals surface area contributed by atoms with Gasteiger partial charge in [-0.1, -0.05) is 98.8 Å². The third-order valence-electron chi connectivity index (χ3n) is 12.8. The molecule has 4 aliphatic heterocycles. The van der Waals surface area contributed by atoms with E-state index < -0.39 is 0 Å². The normalized spacial score (nSPS) is 14.3. The van der Waals surface area contributed by atoms with Gasteiger partial charge in [0.2, 0.25) is 0 Å². The molecule has 0 atom stereocenters. The first-order valence-corrected chi connectivity index (χ1v) is 27.5. The van der Waals surface area contributed by atoms with Crippen LogP contribution in [0.5, 0.6) is 23.0 Å². The van der Waals surface area contributed by atoms with Crippen LogP contribution < -0.4 is 10.6 Å². The molecule has 2 saturated heterocycles. The predicted octanol–water partition coefficient (Wildman–Crippen LogP) is 13.6. The summed E-state index contributed by atoms with van der Waals surface area (Å²) < 4.78 is 0. The smallest absolute Gasteiger partial charge is 0.139 e. The molecule has 6 N–H and O–H groups in total. The summed E-state index contributed by atoms with van der Waals surface area (Å²) in [5.74, 6) is 2.91. The van der Waals surface area contributed by atoms with Crippen molar-refractivity contribution in [1.82, 2.24) is 19.6 Å². The highest BCUT2D eigenvalue weighted by Crippen LogP contribution is 2.40. The summed E-state index contributed by atoms with van der Waals surface area (Å²) in [6.45, 7) is 17.1. The molecular formula is C62H72N8O4S2. The lowest BCUT2D eigenvalue weighted by molar-refractivity contribution is 0.216. The summed E-state index contributed by atoms with van der Waals surface area (Å²) in [4.78, 5) is 22.3. The van der Waals surface area contributed by atoms with Gasteiger partial charge in [0, 0.05) is 62.1 Å². The lowest BCUT2D eigenvalue weighted by atomic mass is 10.2. The van der Waals surface area contributed by atoms with Gasteiger partial charge in [0.05, 0.1) is 33.9 Å². The molecule has 0 unspecified atom stereocenters. The number of fused-ring (bicyclic) bond motifs is 4. The van der Waals surface area contributed by atoms with Gasteiger partial charge in [-0.25, -0.2) is 9.98 Å². The number of thiophene rings is 2. The Balaban J connectivity index is 0.000000143. The number of amidine groups is 2. The van der Waals surface area contributed by atoms with Gasteiger partial charge >= 0.3 is 0 Å². The molecular weight excluding hydrogens is 985 g/mol. The van der Waals surface area contributed by atoms with Crippen molar-refractivity contribution in [3.63, 3.8) is 0 Å². The van der Waals surface area contributed by atoms with Gasteiger partial charge in [-0.05, 0) is 137 Å². The monoisotopic (exact) mass is 1060 g/mol. The number of aryl methyl sites for hydroxylation is 4. The average Bonchev–Trinajstić information content (AvgIpc) is 3.92. The molecule has 0 spiro atoms. The number of para-hydroxylation sites is 4. The van der Waals surface area contributed by atoms with Gasteiger partial charge in [-0.2, -0.15) is 0 Å². The maximum atomic E-state index is 8.65. The van der Waals surface area contributed by atoms with Crippen molar-refractivity contribution in [3.05, 3.63) is 202 Å². The standard InChI is InChI=1S/2C17H20N4S.2C8H10.2C6H6O2/c2*1-12-11-13-16(21-9-7-20(2)8-10-21)18-14-5-3-4-6-15(14)19-17(13)22-12;2*1-2-8-6-4-3-5-7-8;2*7-5-1-2-6(8)4-3-5/h2*3-6,11,19H,7-10H2,1-2H3;2*3-7H,2H2,1H3;2*1-4,7-8H. The molecule has 6 aromatic carbocycles. The third kappa shape index (κ3) is 16.7. The van der Waals surface area contributed by atoms with Crippen LogP contribution in [0.2, 0.25) is 0 Å². The maximum absolute atomic E-state index is 8.65. The number of aromatic hydroxyl groups is 4. The van der Waals surface area contributed by atoms with Crippen LogP contribution in [0.3, 0.4) is 0 Å². The number of benzene rings is 6. The summed E-state index contributed by atoms with van der Waals surface area (Å²) in [5.41, 5.74) is 9.53. The van der Waals surface area contributed by atoms with E-state index in [4.69, 9.17) is 30.4 Å². The molecule has 8 aromatic rings. The zero-order valence-electron chi connectivity index (χ0n) is 44.5. The minimum absolute atomic E-state index is 0.169. The molecule has 2 fully saturated rings. The van der Waals surface area contributed by atoms with Crippen molar-refractivity contribution in [2.45, 2.75) is 40.5 Å². The summed E-state index contributed by atoms with van der Waals surface area (Å²) in [5, 5.41) is 44.1. The Kier molecular flexibility index (Phi) is 20.9. The first kappa shape index (κ1) is 56.1. The third-order valence-corrected chi connectivity index (χ3v) is 14.7. The highest BCUT2D eigenvalue weighted by molar-refractivity contribution is 7.17. The number of phenols is 4. The van der Waals surface area contributed by atoms with Crippen LogP contribution in [-0.4, -0.2) is 118 Å². The Morgan fingerprint density at radius 2 is 0.724 bits per heavy atom. The van der Waals surface area contributed by atoms with Crippen molar-refractivity contribution in [2.24, 2.45) is 9.98 Å². The highest BCUT2D eigenvalue weighted by Gasteiger charge is 2.27. The molecule has 4 aliphatic rings. The van der Waals surface area contributed by atoms with Crippen LogP contribution in [0.1, 0.15) is 45.9 Å². The average molecular weight is 1060 g/mol. The molecule has 0 radical (unpaired) electrons. The molecule has 0 aliphatic carbocycles. The summed E-state index contributed by atoms with van der Waals surface area (Å²) >= 11 is 3.61. The van der Waals surface area contributed by atoms with Crippen LogP contribution in [0.25, 0.3) is 0 Å². The van der Waals surface area contributed by atoms with Gasteiger partial charge in [-0.15, -0.1) is 22.7 Å². The van der Waals surface area contributed by atoms with Gasteiger partial charge in [0.1, 0.15) is 44.7 Å². The van der Waals surface area contributed by atoms with Gasteiger partial charge in [0.15, 0.2) is 0 Å². The zero-order valence-corrected chi connectivity index (χ0v) is 46.2. The van der Waals surface area contributed by atoms with Crippen LogP contribution in [-0.2, 0) is 12.8 Å². The molecule has 6 heterocycles. The van der Waals surface area contributed by atoms with E-state index in [1.807, 2.05) is 12.1 Å². The number of anilines is 4. The second-order valence-electron chi connectivity index (χ2n) is 18.6. The number of phenolic OH excluding ortho intramolecular Hbond substituents is 4. The quantitative estimate of drug-likeness (QED) is 0.0927. The minimum Gasteiger partial charge on any atom is -0.508 e. The van der Waals surface area contributed by atoms with Crippen LogP contribution in [0.4, 0.5) is 32.8 Å².